The summed E-state index contributed by atoms with van der Waals surface area (Å²) in [6.07, 6.45) is -0.699. The zero-order chi connectivity index (χ0) is 15.6. The molecule has 0 aromatic heterocycles. The van der Waals surface area contributed by atoms with Gasteiger partial charge in [-0.3, -0.25) is 0 Å². The fourth-order valence-corrected chi connectivity index (χ4v) is 3.20. The molecule has 0 spiro atoms. The molecule has 0 aliphatic heterocycles. The Labute approximate surface area is 121 Å². The Morgan fingerprint density at radius 1 is 1.33 bits per heavy atom. The normalized spacial score (nSPS) is 15.7. The molecule has 1 saturated carbocycles. The summed E-state index contributed by atoms with van der Waals surface area (Å²) in [6.45, 7) is 0.664. The largest absolute Gasteiger partial charge is 0.310 e. The van der Waals surface area contributed by atoms with E-state index in [0.717, 1.165) is 12.8 Å². The Hall–Kier alpha value is -1.12. The SMILES string of the molecule is Cc1c(F)cc(CNC2CC2)cc1S(=O)(=O)NCC(F)F. The van der Waals surface area contributed by atoms with E-state index in [0.29, 0.717) is 18.2 Å². The number of alkyl halides is 2. The van der Waals surface area contributed by atoms with Crippen molar-refractivity contribution in [3.05, 3.63) is 29.1 Å². The third-order valence-electron chi connectivity index (χ3n) is 3.25. The lowest BCUT2D eigenvalue weighted by atomic mass is 10.1. The minimum absolute atomic E-state index is 0.0769. The Balaban J connectivity index is 2.23. The van der Waals surface area contributed by atoms with Crippen LogP contribution in [0.15, 0.2) is 17.0 Å². The summed E-state index contributed by atoms with van der Waals surface area (Å²) in [6, 6.07) is 2.98. The molecular weight excluding hydrogens is 305 g/mol. The molecule has 2 rings (SSSR count). The molecule has 1 fully saturated rings. The highest BCUT2D eigenvalue weighted by molar-refractivity contribution is 7.89. The highest BCUT2D eigenvalue weighted by Gasteiger charge is 2.23. The summed E-state index contributed by atoms with van der Waals surface area (Å²) in [7, 11) is -4.15. The molecule has 1 aromatic rings. The van der Waals surface area contributed by atoms with Crippen molar-refractivity contribution in [1.82, 2.24) is 10.0 Å². The van der Waals surface area contributed by atoms with Gasteiger partial charge in [-0.15, -0.1) is 0 Å². The van der Waals surface area contributed by atoms with Gasteiger partial charge >= 0.3 is 0 Å². The molecule has 0 amide bonds. The van der Waals surface area contributed by atoms with Crippen molar-refractivity contribution in [3.8, 4) is 0 Å². The molecule has 0 radical (unpaired) electrons. The van der Waals surface area contributed by atoms with E-state index in [1.165, 1.54) is 19.1 Å². The molecular formula is C13H17F3N2O2S. The van der Waals surface area contributed by atoms with Gasteiger partial charge in [-0.05, 0) is 37.5 Å². The lowest BCUT2D eigenvalue weighted by molar-refractivity contribution is 0.153. The molecule has 0 atom stereocenters. The second-order valence-electron chi connectivity index (χ2n) is 5.10. The smallest absolute Gasteiger partial charge is 0.251 e. The van der Waals surface area contributed by atoms with Crippen LogP contribution in [0.25, 0.3) is 0 Å². The third-order valence-corrected chi connectivity index (χ3v) is 4.80. The average molecular weight is 322 g/mol. The van der Waals surface area contributed by atoms with Crippen molar-refractivity contribution in [2.75, 3.05) is 6.54 Å². The van der Waals surface area contributed by atoms with Crippen molar-refractivity contribution in [2.24, 2.45) is 0 Å². The van der Waals surface area contributed by atoms with Gasteiger partial charge in [-0.1, -0.05) is 0 Å². The minimum atomic E-state index is -4.15. The van der Waals surface area contributed by atoms with Crippen LogP contribution in [0.2, 0.25) is 0 Å². The number of hydrogen-bond acceptors (Lipinski definition) is 3. The first-order chi connectivity index (χ1) is 9.79. The molecule has 1 aromatic carbocycles. The number of halogens is 3. The lowest BCUT2D eigenvalue weighted by Crippen LogP contribution is -2.29. The maximum absolute atomic E-state index is 13.8. The van der Waals surface area contributed by atoms with Gasteiger partial charge in [-0.25, -0.2) is 26.3 Å². The predicted molar refractivity (Wildman–Crippen MR) is 72.2 cm³/mol. The maximum Gasteiger partial charge on any atom is 0.251 e. The van der Waals surface area contributed by atoms with E-state index in [9.17, 15) is 21.6 Å². The van der Waals surface area contributed by atoms with Gasteiger partial charge in [0, 0.05) is 18.2 Å². The number of sulfonamides is 1. The Morgan fingerprint density at radius 3 is 2.57 bits per heavy atom. The van der Waals surface area contributed by atoms with E-state index in [1.807, 2.05) is 0 Å². The fraction of sp³-hybridized carbons (Fsp3) is 0.538. The standard InChI is InChI=1S/C13H17F3N2O2S/c1-8-11(14)4-9(6-17-10-2-3-10)5-12(8)21(19,20)18-7-13(15)16/h4-5,10,13,17-18H,2-3,6-7H2,1H3. The first-order valence-corrected chi connectivity index (χ1v) is 8.08. The van der Waals surface area contributed by atoms with Gasteiger partial charge in [0.2, 0.25) is 10.0 Å². The summed E-state index contributed by atoms with van der Waals surface area (Å²) in [5.74, 6) is -0.664. The minimum Gasteiger partial charge on any atom is -0.310 e. The van der Waals surface area contributed by atoms with E-state index in [-0.39, 0.29) is 10.5 Å². The average Bonchev–Trinajstić information content (AvgIpc) is 3.21. The molecule has 21 heavy (non-hydrogen) atoms. The molecule has 0 unspecified atom stereocenters. The van der Waals surface area contributed by atoms with E-state index >= 15 is 0 Å². The van der Waals surface area contributed by atoms with Crippen LogP contribution >= 0.6 is 0 Å². The van der Waals surface area contributed by atoms with Gasteiger partial charge in [0.15, 0.2) is 0 Å². The van der Waals surface area contributed by atoms with Crippen LogP contribution in [-0.2, 0) is 16.6 Å². The first kappa shape index (κ1) is 16.3. The molecule has 0 saturated heterocycles. The van der Waals surface area contributed by atoms with Crippen molar-refractivity contribution in [2.45, 2.75) is 43.7 Å². The molecule has 118 valence electrons. The molecule has 0 heterocycles. The summed E-state index contributed by atoms with van der Waals surface area (Å²) < 4.78 is 63.9. The highest BCUT2D eigenvalue weighted by atomic mass is 32.2. The monoisotopic (exact) mass is 322 g/mol. The van der Waals surface area contributed by atoms with E-state index < -0.39 is 28.8 Å². The van der Waals surface area contributed by atoms with Crippen LogP contribution in [-0.4, -0.2) is 27.4 Å². The molecule has 1 aliphatic rings. The molecule has 8 heteroatoms. The van der Waals surface area contributed by atoms with Gasteiger partial charge in [0.1, 0.15) is 5.82 Å². The van der Waals surface area contributed by atoms with Gasteiger partial charge in [-0.2, -0.15) is 0 Å². The highest BCUT2D eigenvalue weighted by Crippen LogP contribution is 2.23. The van der Waals surface area contributed by atoms with Crippen LogP contribution < -0.4 is 10.0 Å². The predicted octanol–water partition coefficient (Wildman–Crippen LogP) is 1.93. The maximum atomic E-state index is 13.8. The van der Waals surface area contributed by atoms with Crippen LogP contribution in [0, 0.1) is 12.7 Å². The van der Waals surface area contributed by atoms with Crippen molar-refractivity contribution >= 4 is 10.0 Å². The number of rotatable bonds is 7. The number of benzene rings is 1. The Bertz CT molecular complexity index is 616. The number of hydrogen-bond donors (Lipinski definition) is 2. The molecule has 0 bridgehead atoms. The van der Waals surface area contributed by atoms with Crippen molar-refractivity contribution in [3.63, 3.8) is 0 Å². The molecule has 4 nitrogen and oxygen atoms in total. The zero-order valence-corrected chi connectivity index (χ0v) is 12.3. The quantitative estimate of drug-likeness (QED) is 0.806. The topological polar surface area (TPSA) is 58.2 Å². The van der Waals surface area contributed by atoms with Crippen molar-refractivity contribution in [1.29, 1.82) is 0 Å². The van der Waals surface area contributed by atoms with Gasteiger partial charge in [0.05, 0.1) is 11.4 Å². The van der Waals surface area contributed by atoms with Crippen molar-refractivity contribution < 1.29 is 21.6 Å². The summed E-state index contributed by atoms with van der Waals surface area (Å²) >= 11 is 0. The van der Waals surface area contributed by atoms with Crippen LogP contribution in [0.3, 0.4) is 0 Å². The van der Waals surface area contributed by atoms with E-state index in [2.05, 4.69) is 5.32 Å². The Morgan fingerprint density at radius 2 is 2.00 bits per heavy atom. The second kappa shape index (κ2) is 6.33. The molecule has 1 aliphatic carbocycles. The summed E-state index contributed by atoms with van der Waals surface area (Å²) in [5, 5.41) is 3.15. The van der Waals surface area contributed by atoms with Crippen LogP contribution in [0.1, 0.15) is 24.0 Å². The first-order valence-electron chi connectivity index (χ1n) is 6.60. The molecule has 2 N–H and O–H groups in total. The summed E-state index contributed by atoms with van der Waals surface area (Å²) in [4.78, 5) is -0.296. The van der Waals surface area contributed by atoms with E-state index in [4.69, 9.17) is 0 Å². The second-order valence-corrected chi connectivity index (χ2v) is 6.83. The lowest BCUT2D eigenvalue weighted by Gasteiger charge is -2.12. The van der Waals surface area contributed by atoms with Crippen LogP contribution in [0.4, 0.5) is 13.2 Å². The van der Waals surface area contributed by atoms with E-state index in [1.54, 1.807) is 4.72 Å². The van der Waals surface area contributed by atoms with Gasteiger partial charge < -0.3 is 5.32 Å². The third kappa shape index (κ3) is 4.42. The van der Waals surface area contributed by atoms with Gasteiger partial charge in [0.25, 0.3) is 6.43 Å². The Kier molecular flexibility index (Phi) is 4.90. The zero-order valence-electron chi connectivity index (χ0n) is 11.5. The van der Waals surface area contributed by atoms with Crippen LogP contribution in [0.5, 0.6) is 0 Å². The number of nitrogens with one attached hydrogen (secondary N) is 2. The fourth-order valence-electron chi connectivity index (χ4n) is 1.89. The summed E-state index contributed by atoms with van der Waals surface area (Å²) in [5.41, 5.74) is 0.398.